The Morgan fingerprint density at radius 1 is 0.969 bits per heavy atom. The molecule has 2 heterocycles. The van der Waals surface area contributed by atoms with E-state index in [1.807, 2.05) is 66.9 Å². The normalized spacial score (nSPS) is 17.4. The molecule has 0 saturated heterocycles. The molecular weight excluding hydrogens is 404 g/mol. The molecule has 2 aromatic heterocycles. The van der Waals surface area contributed by atoms with Crippen molar-refractivity contribution in [2.45, 2.75) is 24.9 Å². The summed E-state index contributed by atoms with van der Waals surface area (Å²) in [5.74, 6) is 2.51. The molecule has 7 heteroatoms. The second kappa shape index (κ2) is 8.55. The summed E-state index contributed by atoms with van der Waals surface area (Å²) in [4.78, 5) is 20.3. The number of hydrogen-bond donors (Lipinski definition) is 1. The van der Waals surface area contributed by atoms with Gasteiger partial charge in [-0.2, -0.15) is 4.98 Å². The fourth-order valence-corrected chi connectivity index (χ4v) is 3.85. The minimum atomic E-state index is -0.141. The third kappa shape index (κ3) is 4.05. The number of nitrogens with one attached hydrogen (secondary N) is 1. The van der Waals surface area contributed by atoms with Crippen LogP contribution < -0.4 is 14.8 Å². The lowest BCUT2D eigenvalue weighted by atomic mass is 9.86. The maximum atomic E-state index is 11.5. The Morgan fingerprint density at radius 2 is 1.66 bits per heavy atom. The number of ether oxygens (including phenoxy) is 2. The number of hydrogen-bond acceptors (Lipinski definition) is 5. The molecule has 0 bridgehead atoms. The van der Waals surface area contributed by atoms with Gasteiger partial charge in [0.2, 0.25) is 11.8 Å². The van der Waals surface area contributed by atoms with E-state index in [2.05, 4.69) is 26.4 Å². The fraction of sp³-hybridized carbons (Fsp3) is 0.160. The lowest BCUT2D eigenvalue weighted by Crippen LogP contribution is -2.44. The highest BCUT2D eigenvalue weighted by atomic mass is 16.5. The van der Waals surface area contributed by atoms with E-state index >= 15 is 0 Å². The van der Waals surface area contributed by atoms with Gasteiger partial charge in [0.15, 0.2) is 0 Å². The molecule has 5 rings (SSSR count). The second-order valence-electron chi connectivity index (χ2n) is 7.66. The number of para-hydroxylation sites is 1. The van der Waals surface area contributed by atoms with Crippen molar-refractivity contribution in [2.24, 2.45) is 0 Å². The van der Waals surface area contributed by atoms with Gasteiger partial charge in [0.05, 0.1) is 5.52 Å². The predicted molar refractivity (Wildman–Crippen MR) is 121 cm³/mol. The van der Waals surface area contributed by atoms with Gasteiger partial charge in [0.25, 0.3) is 0 Å². The average molecular weight is 426 g/mol. The van der Waals surface area contributed by atoms with Gasteiger partial charge in [-0.3, -0.25) is 4.79 Å². The molecule has 1 N–H and O–H groups in total. The first-order valence-electron chi connectivity index (χ1n) is 10.4. The van der Waals surface area contributed by atoms with E-state index in [-0.39, 0.29) is 18.0 Å². The van der Waals surface area contributed by atoms with Crippen molar-refractivity contribution < 1.29 is 14.3 Å². The summed E-state index contributed by atoms with van der Waals surface area (Å²) in [5.41, 5.74) is 1.66. The van der Waals surface area contributed by atoms with E-state index in [1.165, 1.54) is 12.4 Å². The van der Waals surface area contributed by atoms with E-state index in [4.69, 9.17) is 9.47 Å². The summed E-state index contributed by atoms with van der Waals surface area (Å²) in [6.45, 7) is 3.50. The molecule has 0 unspecified atom stereocenters. The third-order valence-corrected chi connectivity index (χ3v) is 5.52. The van der Waals surface area contributed by atoms with E-state index in [0.29, 0.717) is 11.6 Å². The Balaban J connectivity index is 1.32. The quantitative estimate of drug-likeness (QED) is 0.420. The van der Waals surface area contributed by atoms with Gasteiger partial charge in [-0.25, -0.2) is 4.98 Å². The van der Waals surface area contributed by atoms with E-state index in [9.17, 15) is 4.79 Å². The third-order valence-electron chi connectivity index (χ3n) is 5.52. The molecule has 7 nitrogen and oxygen atoms in total. The van der Waals surface area contributed by atoms with Gasteiger partial charge < -0.3 is 19.4 Å². The molecule has 0 radical (unpaired) electrons. The molecule has 1 aliphatic carbocycles. The fourth-order valence-electron chi connectivity index (χ4n) is 3.85. The molecule has 0 atom stereocenters. The molecule has 1 aliphatic rings. The van der Waals surface area contributed by atoms with Crippen LogP contribution in [0.15, 0.2) is 85.8 Å². The van der Waals surface area contributed by atoms with Crippen LogP contribution >= 0.6 is 0 Å². The monoisotopic (exact) mass is 426 g/mol. The summed E-state index contributed by atoms with van der Waals surface area (Å²) < 4.78 is 14.1. The van der Waals surface area contributed by atoms with Gasteiger partial charge in [-0.1, -0.05) is 24.8 Å². The van der Waals surface area contributed by atoms with Crippen LogP contribution in [0.1, 0.15) is 18.9 Å². The first-order chi connectivity index (χ1) is 15.7. The van der Waals surface area contributed by atoms with E-state index in [1.54, 1.807) is 0 Å². The summed E-state index contributed by atoms with van der Waals surface area (Å²) in [7, 11) is 0. The van der Waals surface area contributed by atoms with Crippen molar-refractivity contribution in [3.05, 3.63) is 85.8 Å². The van der Waals surface area contributed by atoms with Gasteiger partial charge in [-0.05, 0) is 61.4 Å². The lowest BCUT2D eigenvalue weighted by molar-refractivity contribution is -0.117. The number of benzene rings is 2. The molecule has 32 heavy (non-hydrogen) atoms. The van der Waals surface area contributed by atoms with Crippen LogP contribution in [-0.2, 0) is 4.79 Å². The Kier molecular flexibility index (Phi) is 5.29. The predicted octanol–water partition coefficient (Wildman–Crippen LogP) is 5.02. The molecular formula is C25H22N4O3. The molecule has 4 aromatic rings. The van der Waals surface area contributed by atoms with Crippen LogP contribution in [0.5, 0.6) is 23.1 Å². The highest BCUT2D eigenvalue weighted by molar-refractivity contribution is 5.87. The standard InChI is InChI=1S/C25H22N4O3/c1-2-23(30)28-17-14-18(15-17)29-13-12-22-24(29)25(27-16-26-22)32-21-10-8-20(9-11-21)31-19-6-4-3-5-7-19/h2-13,16-18H,1,14-15H2,(H,28,30). The van der Waals surface area contributed by atoms with Gasteiger partial charge in [0, 0.05) is 18.3 Å². The topological polar surface area (TPSA) is 78.3 Å². The van der Waals surface area contributed by atoms with Gasteiger partial charge in [0.1, 0.15) is 29.1 Å². The summed E-state index contributed by atoms with van der Waals surface area (Å²) in [5, 5.41) is 2.94. The Hall–Kier alpha value is -4.13. The van der Waals surface area contributed by atoms with E-state index in [0.717, 1.165) is 35.4 Å². The lowest BCUT2D eigenvalue weighted by Gasteiger charge is -2.37. The van der Waals surface area contributed by atoms with Crippen LogP contribution in [-0.4, -0.2) is 26.5 Å². The van der Waals surface area contributed by atoms with Crippen molar-refractivity contribution in [1.82, 2.24) is 19.9 Å². The Bertz CT molecular complexity index is 1250. The van der Waals surface area contributed by atoms with Crippen molar-refractivity contribution in [2.75, 3.05) is 0 Å². The summed E-state index contributed by atoms with van der Waals surface area (Å²) in [6.07, 6.45) is 6.47. The minimum Gasteiger partial charge on any atom is -0.457 e. The van der Waals surface area contributed by atoms with Crippen LogP contribution in [0.4, 0.5) is 0 Å². The minimum absolute atomic E-state index is 0.141. The zero-order valence-electron chi connectivity index (χ0n) is 17.3. The molecule has 1 saturated carbocycles. The summed E-state index contributed by atoms with van der Waals surface area (Å²) >= 11 is 0. The zero-order chi connectivity index (χ0) is 21.9. The first kappa shape index (κ1) is 19.8. The number of fused-ring (bicyclic) bond motifs is 1. The number of amides is 1. The van der Waals surface area contributed by atoms with Gasteiger partial charge in [-0.15, -0.1) is 0 Å². The smallest absolute Gasteiger partial charge is 0.247 e. The highest BCUT2D eigenvalue weighted by Gasteiger charge is 2.32. The maximum absolute atomic E-state index is 11.5. The molecule has 2 aromatic carbocycles. The Labute approximate surface area is 185 Å². The maximum Gasteiger partial charge on any atom is 0.247 e. The van der Waals surface area contributed by atoms with E-state index < -0.39 is 0 Å². The number of nitrogens with zero attached hydrogens (tertiary/aromatic N) is 3. The molecule has 1 amide bonds. The van der Waals surface area contributed by atoms with Crippen LogP contribution in [0.2, 0.25) is 0 Å². The molecule has 1 fully saturated rings. The number of carbonyl (C=O) groups excluding carboxylic acids is 1. The molecule has 160 valence electrons. The van der Waals surface area contributed by atoms with Crippen LogP contribution in [0, 0.1) is 0 Å². The SMILES string of the molecule is C=CC(=O)NC1CC(n2ccc3ncnc(Oc4ccc(Oc5ccccc5)cc4)c32)C1. The first-order valence-corrected chi connectivity index (χ1v) is 10.4. The number of carbonyl (C=O) groups is 1. The van der Waals surface area contributed by atoms with Crippen molar-refractivity contribution in [1.29, 1.82) is 0 Å². The highest BCUT2D eigenvalue weighted by Crippen LogP contribution is 2.38. The second-order valence-corrected chi connectivity index (χ2v) is 7.66. The number of rotatable bonds is 7. The largest absolute Gasteiger partial charge is 0.457 e. The molecule has 0 spiro atoms. The average Bonchev–Trinajstić information content (AvgIpc) is 3.22. The summed E-state index contributed by atoms with van der Waals surface area (Å²) in [6, 6.07) is 19.4. The zero-order valence-corrected chi connectivity index (χ0v) is 17.3. The Morgan fingerprint density at radius 3 is 2.38 bits per heavy atom. The van der Waals surface area contributed by atoms with Gasteiger partial charge >= 0.3 is 0 Å². The van der Waals surface area contributed by atoms with Crippen molar-refractivity contribution in [3.8, 4) is 23.1 Å². The van der Waals surface area contributed by atoms with Crippen LogP contribution in [0.3, 0.4) is 0 Å². The van der Waals surface area contributed by atoms with Crippen molar-refractivity contribution >= 4 is 16.9 Å². The van der Waals surface area contributed by atoms with Crippen molar-refractivity contribution in [3.63, 3.8) is 0 Å². The number of aromatic nitrogens is 3. The molecule has 0 aliphatic heterocycles. The van der Waals surface area contributed by atoms with Crippen LogP contribution in [0.25, 0.3) is 11.0 Å².